The molecule has 1 fully saturated rings. The second kappa shape index (κ2) is 8.77. The van der Waals surface area contributed by atoms with E-state index in [1.54, 1.807) is 6.92 Å². The summed E-state index contributed by atoms with van der Waals surface area (Å²) >= 11 is 0. The highest BCUT2D eigenvalue weighted by Crippen LogP contribution is 2.27. The van der Waals surface area contributed by atoms with Crippen molar-refractivity contribution < 1.29 is 14.3 Å². The van der Waals surface area contributed by atoms with Crippen molar-refractivity contribution in [2.45, 2.75) is 58.4 Å². The number of ether oxygens (including phenoxy) is 1. The SMILES string of the molecule is CCCC1CCC(NC(=O)NCC(=O)OCC)CC1. The number of carbonyl (C=O) groups is 2. The smallest absolute Gasteiger partial charge is 0.325 e. The van der Waals surface area contributed by atoms with Gasteiger partial charge >= 0.3 is 12.0 Å². The molecule has 0 heterocycles. The number of carbonyl (C=O) groups excluding carboxylic acids is 2. The van der Waals surface area contributed by atoms with Crippen molar-refractivity contribution in [1.82, 2.24) is 10.6 Å². The van der Waals surface area contributed by atoms with E-state index < -0.39 is 5.97 Å². The second-order valence-electron chi connectivity index (χ2n) is 5.14. The van der Waals surface area contributed by atoms with Gasteiger partial charge in [0.2, 0.25) is 0 Å². The lowest BCUT2D eigenvalue weighted by atomic mass is 9.83. The maximum atomic E-state index is 11.6. The lowest BCUT2D eigenvalue weighted by Gasteiger charge is -2.28. The Kier molecular flexibility index (Phi) is 7.30. The molecule has 19 heavy (non-hydrogen) atoms. The van der Waals surface area contributed by atoms with E-state index in [-0.39, 0.29) is 18.6 Å². The van der Waals surface area contributed by atoms with Gasteiger partial charge in [0.05, 0.1) is 6.61 Å². The highest BCUT2D eigenvalue weighted by molar-refractivity contribution is 5.80. The second-order valence-corrected chi connectivity index (χ2v) is 5.14. The van der Waals surface area contributed by atoms with Gasteiger partial charge in [-0.1, -0.05) is 19.8 Å². The van der Waals surface area contributed by atoms with Crippen molar-refractivity contribution in [1.29, 1.82) is 0 Å². The van der Waals surface area contributed by atoms with Gasteiger partial charge in [-0.3, -0.25) is 4.79 Å². The molecule has 0 aromatic rings. The van der Waals surface area contributed by atoms with E-state index in [4.69, 9.17) is 4.74 Å². The normalized spacial score (nSPS) is 22.6. The van der Waals surface area contributed by atoms with Crippen LogP contribution >= 0.6 is 0 Å². The number of rotatable bonds is 6. The van der Waals surface area contributed by atoms with Crippen LogP contribution < -0.4 is 10.6 Å². The minimum absolute atomic E-state index is 0.0646. The summed E-state index contributed by atoms with van der Waals surface area (Å²) in [6, 6.07) is -0.0257. The molecule has 110 valence electrons. The van der Waals surface area contributed by atoms with E-state index >= 15 is 0 Å². The van der Waals surface area contributed by atoms with E-state index in [1.165, 1.54) is 25.7 Å². The zero-order valence-corrected chi connectivity index (χ0v) is 12.0. The number of hydrogen-bond donors (Lipinski definition) is 2. The summed E-state index contributed by atoms with van der Waals surface area (Å²) in [5.74, 6) is 0.426. The maximum Gasteiger partial charge on any atom is 0.325 e. The highest BCUT2D eigenvalue weighted by Gasteiger charge is 2.21. The molecule has 0 bridgehead atoms. The molecule has 0 unspecified atom stereocenters. The number of nitrogens with one attached hydrogen (secondary N) is 2. The first-order chi connectivity index (χ1) is 9.15. The average molecular weight is 270 g/mol. The summed E-state index contributed by atoms with van der Waals surface area (Å²) in [6.45, 7) is 4.23. The van der Waals surface area contributed by atoms with Gasteiger partial charge in [-0.25, -0.2) is 4.79 Å². The van der Waals surface area contributed by atoms with Crippen LogP contribution in [-0.4, -0.2) is 31.2 Å². The van der Waals surface area contributed by atoms with Crippen molar-refractivity contribution in [3.63, 3.8) is 0 Å². The molecule has 0 radical (unpaired) electrons. The Labute approximate surface area is 115 Å². The van der Waals surface area contributed by atoms with Crippen LogP contribution in [0.5, 0.6) is 0 Å². The Morgan fingerprint density at radius 1 is 1.16 bits per heavy atom. The summed E-state index contributed by atoms with van der Waals surface area (Å²) in [5, 5.41) is 5.45. The minimum atomic E-state index is -0.399. The Balaban J connectivity index is 2.14. The number of esters is 1. The molecule has 0 atom stereocenters. The predicted octanol–water partition coefficient (Wildman–Crippen LogP) is 2.21. The maximum absolute atomic E-state index is 11.6. The molecule has 0 aromatic carbocycles. The first-order valence-electron chi connectivity index (χ1n) is 7.35. The largest absolute Gasteiger partial charge is 0.465 e. The van der Waals surface area contributed by atoms with Gasteiger partial charge in [-0.05, 0) is 38.5 Å². The average Bonchev–Trinajstić information content (AvgIpc) is 2.39. The van der Waals surface area contributed by atoms with Crippen molar-refractivity contribution >= 4 is 12.0 Å². The van der Waals surface area contributed by atoms with Crippen LogP contribution in [0.1, 0.15) is 52.4 Å². The summed E-state index contributed by atoms with van der Waals surface area (Å²) < 4.78 is 4.74. The number of hydrogen-bond acceptors (Lipinski definition) is 3. The molecule has 0 aromatic heterocycles. The van der Waals surface area contributed by atoms with Gasteiger partial charge in [-0.15, -0.1) is 0 Å². The fraction of sp³-hybridized carbons (Fsp3) is 0.857. The molecule has 0 saturated heterocycles. The predicted molar refractivity (Wildman–Crippen MR) is 73.8 cm³/mol. The topological polar surface area (TPSA) is 67.4 Å². The van der Waals surface area contributed by atoms with E-state index in [9.17, 15) is 9.59 Å². The molecule has 0 aliphatic heterocycles. The van der Waals surface area contributed by atoms with Crippen LogP contribution in [-0.2, 0) is 9.53 Å². The van der Waals surface area contributed by atoms with E-state index in [0.29, 0.717) is 6.61 Å². The van der Waals surface area contributed by atoms with Crippen LogP contribution in [0.4, 0.5) is 4.79 Å². The van der Waals surface area contributed by atoms with Gasteiger partial charge in [0, 0.05) is 6.04 Å². The third kappa shape index (κ3) is 6.45. The molecule has 1 aliphatic carbocycles. The van der Waals surface area contributed by atoms with Gasteiger partial charge < -0.3 is 15.4 Å². The molecular weight excluding hydrogens is 244 g/mol. The summed E-state index contributed by atoms with van der Waals surface area (Å²) in [4.78, 5) is 22.7. The zero-order chi connectivity index (χ0) is 14.1. The van der Waals surface area contributed by atoms with Crippen LogP contribution in [0.3, 0.4) is 0 Å². The molecule has 2 amide bonds. The Morgan fingerprint density at radius 3 is 2.42 bits per heavy atom. The van der Waals surface area contributed by atoms with Crippen molar-refractivity contribution in [2.24, 2.45) is 5.92 Å². The molecule has 5 nitrogen and oxygen atoms in total. The molecular formula is C14H26N2O3. The summed E-state index contributed by atoms with van der Waals surface area (Å²) in [7, 11) is 0. The van der Waals surface area contributed by atoms with Gasteiger partial charge in [0.1, 0.15) is 6.54 Å². The lowest BCUT2D eigenvalue weighted by Crippen LogP contribution is -2.45. The third-order valence-corrected chi connectivity index (χ3v) is 3.58. The first-order valence-corrected chi connectivity index (χ1v) is 7.35. The molecule has 0 spiro atoms. The van der Waals surface area contributed by atoms with Crippen LogP contribution in [0.15, 0.2) is 0 Å². The van der Waals surface area contributed by atoms with Crippen LogP contribution in [0, 0.1) is 5.92 Å². The molecule has 2 N–H and O–H groups in total. The fourth-order valence-corrected chi connectivity index (χ4v) is 2.60. The highest BCUT2D eigenvalue weighted by atomic mass is 16.5. The Hall–Kier alpha value is -1.26. The summed E-state index contributed by atoms with van der Waals surface area (Å²) in [5.41, 5.74) is 0. The summed E-state index contributed by atoms with van der Waals surface area (Å²) in [6.07, 6.45) is 6.99. The zero-order valence-electron chi connectivity index (χ0n) is 12.0. The van der Waals surface area contributed by atoms with Gasteiger partial charge in [-0.2, -0.15) is 0 Å². The first kappa shape index (κ1) is 15.8. The monoisotopic (exact) mass is 270 g/mol. The van der Waals surface area contributed by atoms with Crippen LogP contribution in [0.2, 0.25) is 0 Å². The number of amides is 2. The van der Waals surface area contributed by atoms with Crippen molar-refractivity contribution in [3.8, 4) is 0 Å². The number of urea groups is 1. The lowest BCUT2D eigenvalue weighted by molar-refractivity contribution is -0.141. The fourth-order valence-electron chi connectivity index (χ4n) is 2.60. The standard InChI is InChI=1S/C14H26N2O3/c1-3-5-11-6-8-12(9-7-11)16-14(18)15-10-13(17)19-4-2/h11-12H,3-10H2,1-2H3,(H2,15,16,18). The Bertz CT molecular complexity index is 286. The van der Waals surface area contributed by atoms with Gasteiger partial charge in [0.25, 0.3) is 0 Å². The molecule has 1 aliphatic rings. The van der Waals surface area contributed by atoms with Gasteiger partial charge in [0.15, 0.2) is 0 Å². The minimum Gasteiger partial charge on any atom is -0.465 e. The molecule has 1 rings (SSSR count). The van der Waals surface area contributed by atoms with E-state index in [1.807, 2.05) is 0 Å². The molecule has 5 heteroatoms. The third-order valence-electron chi connectivity index (χ3n) is 3.58. The van der Waals surface area contributed by atoms with E-state index in [2.05, 4.69) is 17.6 Å². The van der Waals surface area contributed by atoms with Crippen molar-refractivity contribution in [2.75, 3.05) is 13.2 Å². The van der Waals surface area contributed by atoms with Crippen molar-refractivity contribution in [3.05, 3.63) is 0 Å². The molecule has 1 saturated carbocycles. The van der Waals surface area contributed by atoms with Crippen LogP contribution in [0.25, 0.3) is 0 Å². The Morgan fingerprint density at radius 2 is 1.84 bits per heavy atom. The quantitative estimate of drug-likeness (QED) is 0.727. The van der Waals surface area contributed by atoms with E-state index in [0.717, 1.165) is 18.8 Å².